The van der Waals surface area contributed by atoms with E-state index in [0.29, 0.717) is 12.3 Å². The summed E-state index contributed by atoms with van der Waals surface area (Å²) >= 11 is 0. The van der Waals surface area contributed by atoms with Crippen molar-refractivity contribution in [2.24, 2.45) is 13.0 Å². The molecular weight excluding hydrogens is 212 g/mol. The number of rotatable bonds is 5. The van der Waals surface area contributed by atoms with E-state index in [4.69, 9.17) is 0 Å². The Morgan fingerprint density at radius 3 is 2.53 bits per heavy atom. The average Bonchev–Trinajstić information content (AvgIpc) is 2.46. The number of nitrogens with one attached hydrogen (secondary N) is 1. The Labute approximate surface area is 104 Å². The summed E-state index contributed by atoms with van der Waals surface area (Å²) in [6, 6.07) is 2.09. The molecule has 0 atom stereocenters. The van der Waals surface area contributed by atoms with Gasteiger partial charge in [0.15, 0.2) is 0 Å². The molecule has 0 aromatic carbocycles. The first kappa shape index (κ1) is 13.8. The predicted molar refractivity (Wildman–Crippen MR) is 71.1 cm³/mol. The van der Waals surface area contributed by atoms with E-state index in [2.05, 4.69) is 43.6 Å². The molecular formula is C14H24N2O. The molecule has 0 saturated carbocycles. The van der Waals surface area contributed by atoms with E-state index in [-0.39, 0.29) is 5.91 Å². The molecule has 0 aliphatic heterocycles. The van der Waals surface area contributed by atoms with Gasteiger partial charge in [0.05, 0.1) is 6.42 Å². The van der Waals surface area contributed by atoms with Crippen molar-refractivity contribution in [3.05, 3.63) is 23.0 Å². The van der Waals surface area contributed by atoms with Crippen molar-refractivity contribution in [2.75, 3.05) is 6.54 Å². The lowest BCUT2D eigenvalue weighted by atomic mass is 10.1. The molecule has 1 rings (SSSR count). The largest absolute Gasteiger partial charge is 0.356 e. The van der Waals surface area contributed by atoms with Crippen molar-refractivity contribution in [1.82, 2.24) is 9.88 Å². The topological polar surface area (TPSA) is 34.0 Å². The Morgan fingerprint density at radius 1 is 1.41 bits per heavy atom. The van der Waals surface area contributed by atoms with E-state index < -0.39 is 0 Å². The minimum atomic E-state index is 0.124. The van der Waals surface area contributed by atoms with Crippen LogP contribution in [0.3, 0.4) is 0 Å². The quantitative estimate of drug-likeness (QED) is 0.836. The molecule has 17 heavy (non-hydrogen) atoms. The van der Waals surface area contributed by atoms with Gasteiger partial charge in [0.25, 0.3) is 0 Å². The fraction of sp³-hybridized carbons (Fsp3) is 0.643. The number of carbonyl (C=O) groups is 1. The lowest BCUT2D eigenvalue weighted by Crippen LogP contribution is -2.27. The first-order chi connectivity index (χ1) is 7.91. The smallest absolute Gasteiger partial charge is 0.224 e. The van der Waals surface area contributed by atoms with Gasteiger partial charge in [0.1, 0.15) is 0 Å². The third kappa shape index (κ3) is 3.91. The third-order valence-electron chi connectivity index (χ3n) is 3.27. The average molecular weight is 236 g/mol. The molecule has 0 saturated heterocycles. The number of aromatic nitrogens is 1. The molecule has 3 heteroatoms. The van der Waals surface area contributed by atoms with Crippen molar-refractivity contribution in [3.8, 4) is 0 Å². The van der Waals surface area contributed by atoms with Gasteiger partial charge in [-0.1, -0.05) is 13.8 Å². The Morgan fingerprint density at radius 2 is 2.06 bits per heavy atom. The first-order valence-electron chi connectivity index (χ1n) is 6.30. The monoisotopic (exact) mass is 236 g/mol. The minimum absolute atomic E-state index is 0.124. The zero-order valence-corrected chi connectivity index (χ0v) is 11.6. The highest BCUT2D eigenvalue weighted by molar-refractivity contribution is 5.78. The van der Waals surface area contributed by atoms with Crippen molar-refractivity contribution >= 4 is 5.91 Å². The van der Waals surface area contributed by atoms with E-state index in [9.17, 15) is 4.79 Å². The summed E-state index contributed by atoms with van der Waals surface area (Å²) in [7, 11) is 2.03. The second-order valence-electron chi connectivity index (χ2n) is 5.16. The molecule has 1 amide bonds. The summed E-state index contributed by atoms with van der Waals surface area (Å²) in [4.78, 5) is 11.7. The molecule has 96 valence electrons. The highest BCUT2D eigenvalue weighted by Crippen LogP contribution is 2.13. The standard InChI is InChI=1S/C14H24N2O/c1-10(2)6-7-15-14(17)9-13-8-11(3)16(5)12(13)4/h8,10H,6-7,9H2,1-5H3,(H,15,17). The van der Waals surface area contributed by atoms with Gasteiger partial charge in [0, 0.05) is 25.0 Å². The van der Waals surface area contributed by atoms with Crippen molar-refractivity contribution in [3.63, 3.8) is 0 Å². The third-order valence-corrected chi connectivity index (χ3v) is 3.27. The molecule has 0 bridgehead atoms. The van der Waals surface area contributed by atoms with Crippen LogP contribution in [0.4, 0.5) is 0 Å². The van der Waals surface area contributed by atoms with Gasteiger partial charge in [-0.3, -0.25) is 4.79 Å². The van der Waals surface area contributed by atoms with Gasteiger partial charge in [-0.05, 0) is 37.8 Å². The molecule has 0 radical (unpaired) electrons. The molecule has 0 aliphatic carbocycles. The van der Waals surface area contributed by atoms with Crippen LogP contribution in [0.5, 0.6) is 0 Å². The summed E-state index contributed by atoms with van der Waals surface area (Å²) in [6.07, 6.45) is 1.53. The van der Waals surface area contributed by atoms with Crippen molar-refractivity contribution in [1.29, 1.82) is 0 Å². The minimum Gasteiger partial charge on any atom is -0.356 e. The molecule has 0 fully saturated rings. The van der Waals surface area contributed by atoms with Gasteiger partial charge >= 0.3 is 0 Å². The molecule has 1 aromatic rings. The van der Waals surface area contributed by atoms with Gasteiger partial charge in [-0.25, -0.2) is 0 Å². The van der Waals surface area contributed by atoms with Gasteiger partial charge in [-0.2, -0.15) is 0 Å². The predicted octanol–water partition coefficient (Wildman–Crippen LogP) is 2.35. The fourth-order valence-electron chi connectivity index (χ4n) is 1.85. The van der Waals surface area contributed by atoms with Gasteiger partial charge in [0.2, 0.25) is 5.91 Å². The van der Waals surface area contributed by atoms with Crippen LogP contribution in [0.2, 0.25) is 0 Å². The van der Waals surface area contributed by atoms with Crippen LogP contribution in [0, 0.1) is 19.8 Å². The number of aryl methyl sites for hydroxylation is 1. The number of nitrogens with zero attached hydrogens (tertiary/aromatic N) is 1. The molecule has 0 aliphatic rings. The highest BCUT2D eigenvalue weighted by atomic mass is 16.1. The summed E-state index contributed by atoms with van der Waals surface area (Å²) in [5.41, 5.74) is 3.51. The molecule has 1 heterocycles. The number of carbonyl (C=O) groups excluding carboxylic acids is 1. The lowest BCUT2D eigenvalue weighted by Gasteiger charge is -2.07. The van der Waals surface area contributed by atoms with Crippen LogP contribution in [-0.2, 0) is 18.3 Å². The van der Waals surface area contributed by atoms with E-state index in [1.807, 2.05) is 7.05 Å². The Bertz CT molecular complexity index is 391. The van der Waals surface area contributed by atoms with Crippen LogP contribution in [0.25, 0.3) is 0 Å². The van der Waals surface area contributed by atoms with Crippen LogP contribution in [0.15, 0.2) is 6.07 Å². The number of hydrogen-bond donors (Lipinski definition) is 1. The second-order valence-corrected chi connectivity index (χ2v) is 5.16. The van der Waals surface area contributed by atoms with Crippen LogP contribution >= 0.6 is 0 Å². The van der Waals surface area contributed by atoms with E-state index in [1.54, 1.807) is 0 Å². The SMILES string of the molecule is Cc1cc(CC(=O)NCCC(C)C)c(C)n1C. The highest BCUT2D eigenvalue weighted by Gasteiger charge is 2.10. The van der Waals surface area contributed by atoms with Crippen molar-refractivity contribution < 1.29 is 4.79 Å². The molecule has 0 spiro atoms. The maximum atomic E-state index is 11.7. The Balaban J connectivity index is 2.48. The Hall–Kier alpha value is -1.25. The van der Waals surface area contributed by atoms with E-state index in [0.717, 1.165) is 18.5 Å². The van der Waals surface area contributed by atoms with Crippen LogP contribution in [0.1, 0.15) is 37.2 Å². The zero-order chi connectivity index (χ0) is 13.0. The van der Waals surface area contributed by atoms with Crippen molar-refractivity contribution in [2.45, 2.75) is 40.5 Å². The molecule has 1 N–H and O–H groups in total. The molecule has 1 aromatic heterocycles. The number of hydrogen-bond acceptors (Lipinski definition) is 1. The zero-order valence-electron chi connectivity index (χ0n) is 11.6. The number of amides is 1. The van der Waals surface area contributed by atoms with Gasteiger partial charge < -0.3 is 9.88 Å². The van der Waals surface area contributed by atoms with E-state index in [1.165, 1.54) is 11.4 Å². The van der Waals surface area contributed by atoms with E-state index >= 15 is 0 Å². The second kappa shape index (κ2) is 5.89. The van der Waals surface area contributed by atoms with Gasteiger partial charge in [-0.15, -0.1) is 0 Å². The summed E-state index contributed by atoms with van der Waals surface area (Å²) in [5, 5.41) is 2.97. The van der Waals surface area contributed by atoms with Crippen LogP contribution < -0.4 is 5.32 Å². The summed E-state index contributed by atoms with van der Waals surface area (Å²) in [6.45, 7) is 9.23. The maximum Gasteiger partial charge on any atom is 0.224 e. The fourth-order valence-corrected chi connectivity index (χ4v) is 1.85. The maximum absolute atomic E-state index is 11.7. The molecule has 0 unspecified atom stereocenters. The normalized spacial score (nSPS) is 10.9. The summed E-state index contributed by atoms with van der Waals surface area (Å²) in [5.74, 6) is 0.760. The summed E-state index contributed by atoms with van der Waals surface area (Å²) < 4.78 is 2.12. The lowest BCUT2D eigenvalue weighted by molar-refractivity contribution is -0.120. The molecule has 3 nitrogen and oxygen atoms in total. The first-order valence-corrected chi connectivity index (χ1v) is 6.30. The Kier molecular flexibility index (Phi) is 4.79. The van der Waals surface area contributed by atoms with Crippen LogP contribution in [-0.4, -0.2) is 17.0 Å².